The van der Waals surface area contributed by atoms with Gasteiger partial charge in [-0.1, -0.05) is 41.9 Å². The van der Waals surface area contributed by atoms with Crippen LogP contribution in [0.3, 0.4) is 0 Å². The number of nitrogens with two attached hydrogens (primary N) is 1. The Kier molecular flexibility index (Phi) is 7.48. The van der Waals surface area contributed by atoms with Gasteiger partial charge < -0.3 is 15.4 Å². The molecule has 5 nitrogen and oxygen atoms in total. The van der Waals surface area contributed by atoms with E-state index in [1.54, 1.807) is 11.8 Å². The minimum Gasteiger partial charge on any atom is -0.441 e. The van der Waals surface area contributed by atoms with E-state index in [-0.39, 0.29) is 6.10 Å². The van der Waals surface area contributed by atoms with E-state index >= 15 is 0 Å². The van der Waals surface area contributed by atoms with Gasteiger partial charge in [0.1, 0.15) is 6.10 Å². The van der Waals surface area contributed by atoms with E-state index in [2.05, 4.69) is 28.2 Å². The number of amides is 1. The molecule has 7 heteroatoms. The molecule has 2 aromatic carbocycles. The quantitative estimate of drug-likeness (QED) is 0.673. The standard InChI is InChI=1S/C21H26ClN3O2S/c1-28-20-8-7-17(22)15-18(20)25-13-11-24(12-14-25)10-9-19(27-21(23)26)16-5-3-2-4-6-16/h2-8,15,19H,9-14H2,1H3,(H2,23,26). The van der Waals surface area contributed by atoms with Crippen LogP contribution in [0.1, 0.15) is 18.1 Å². The topological polar surface area (TPSA) is 58.8 Å². The van der Waals surface area contributed by atoms with Crippen molar-refractivity contribution in [3.05, 3.63) is 59.1 Å². The Balaban J connectivity index is 1.56. The van der Waals surface area contributed by atoms with Gasteiger partial charge in [0.05, 0.1) is 5.69 Å². The fraction of sp³-hybridized carbons (Fsp3) is 0.381. The van der Waals surface area contributed by atoms with Gasteiger partial charge in [-0.25, -0.2) is 4.79 Å². The second-order valence-corrected chi connectivity index (χ2v) is 8.05. The van der Waals surface area contributed by atoms with E-state index in [4.69, 9.17) is 22.1 Å². The zero-order valence-corrected chi connectivity index (χ0v) is 17.6. The number of ether oxygens (including phenoxy) is 1. The Labute approximate surface area is 175 Å². The summed E-state index contributed by atoms with van der Waals surface area (Å²) in [7, 11) is 0. The van der Waals surface area contributed by atoms with Gasteiger partial charge in [0.2, 0.25) is 0 Å². The third-order valence-electron chi connectivity index (χ3n) is 4.99. The molecule has 0 spiro atoms. The lowest BCUT2D eigenvalue weighted by Crippen LogP contribution is -2.47. The molecule has 0 saturated carbocycles. The fourth-order valence-corrected chi connectivity index (χ4v) is 4.29. The maximum atomic E-state index is 11.3. The molecular weight excluding hydrogens is 394 g/mol. The highest BCUT2D eigenvalue weighted by Crippen LogP contribution is 2.32. The summed E-state index contributed by atoms with van der Waals surface area (Å²) in [5.74, 6) is 0. The van der Waals surface area contributed by atoms with Crippen molar-refractivity contribution in [1.82, 2.24) is 4.90 Å². The second-order valence-electron chi connectivity index (χ2n) is 6.77. The maximum Gasteiger partial charge on any atom is 0.405 e. The number of thioether (sulfide) groups is 1. The van der Waals surface area contributed by atoms with Gasteiger partial charge in [-0.3, -0.25) is 4.90 Å². The largest absolute Gasteiger partial charge is 0.441 e. The molecule has 0 radical (unpaired) electrons. The SMILES string of the molecule is CSc1ccc(Cl)cc1N1CCN(CCC(OC(N)=O)c2ccccc2)CC1. The zero-order valence-electron chi connectivity index (χ0n) is 16.0. The summed E-state index contributed by atoms with van der Waals surface area (Å²) in [4.78, 5) is 17.3. The molecule has 1 saturated heterocycles. The minimum atomic E-state index is -0.732. The summed E-state index contributed by atoms with van der Waals surface area (Å²) in [5.41, 5.74) is 7.45. The summed E-state index contributed by atoms with van der Waals surface area (Å²) >= 11 is 7.95. The number of hydrogen-bond donors (Lipinski definition) is 1. The lowest BCUT2D eigenvalue weighted by molar-refractivity contribution is 0.0910. The van der Waals surface area contributed by atoms with Crippen molar-refractivity contribution in [2.45, 2.75) is 17.4 Å². The van der Waals surface area contributed by atoms with Crippen LogP contribution in [0.4, 0.5) is 10.5 Å². The van der Waals surface area contributed by atoms with Gasteiger partial charge in [-0.15, -0.1) is 11.8 Å². The van der Waals surface area contributed by atoms with Gasteiger partial charge in [-0.05, 0) is 30.0 Å². The Bertz CT molecular complexity index is 782. The lowest BCUT2D eigenvalue weighted by atomic mass is 10.1. The molecule has 1 heterocycles. The van der Waals surface area contributed by atoms with Gasteiger partial charge in [-0.2, -0.15) is 0 Å². The first-order valence-electron chi connectivity index (χ1n) is 9.38. The van der Waals surface area contributed by atoms with Gasteiger partial charge in [0.15, 0.2) is 0 Å². The Hall–Kier alpha value is -1.89. The van der Waals surface area contributed by atoms with Crippen molar-refractivity contribution in [2.75, 3.05) is 43.9 Å². The maximum absolute atomic E-state index is 11.3. The van der Waals surface area contributed by atoms with Crippen LogP contribution in [0, 0.1) is 0 Å². The molecule has 1 fully saturated rings. The first-order chi connectivity index (χ1) is 13.6. The number of hydrogen-bond acceptors (Lipinski definition) is 5. The van der Waals surface area contributed by atoms with Crippen LogP contribution in [0.15, 0.2) is 53.4 Å². The number of nitrogens with zero attached hydrogens (tertiary/aromatic N) is 2. The smallest absolute Gasteiger partial charge is 0.405 e. The molecule has 0 aliphatic carbocycles. The average molecular weight is 420 g/mol. The van der Waals surface area contributed by atoms with Crippen molar-refractivity contribution in [3.8, 4) is 0 Å². The number of halogens is 1. The van der Waals surface area contributed by atoms with E-state index in [1.807, 2.05) is 36.4 Å². The third-order valence-corrected chi connectivity index (χ3v) is 6.01. The normalized spacial score (nSPS) is 16.0. The molecule has 2 aromatic rings. The van der Waals surface area contributed by atoms with E-state index in [1.165, 1.54) is 10.6 Å². The van der Waals surface area contributed by atoms with Crippen molar-refractivity contribution < 1.29 is 9.53 Å². The first-order valence-corrected chi connectivity index (χ1v) is 11.0. The third kappa shape index (κ3) is 5.56. The molecule has 1 aliphatic heterocycles. The predicted molar refractivity (Wildman–Crippen MR) is 116 cm³/mol. The van der Waals surface area contributed by atoms with Crippen LogP contribution in [-0.4, -0.2) is 50.0 Å². The minimum absolute atomic E-state index is 0.312. The Morgan fingerprint density at radius 3 is 2.54 bits per heavy atom. The molecule has 1 aliphatic rings. The average Bonchev–Trinajstić information content (AvgIpc) is 2.72. The molecule has 28 heavy (non-hydrogen) atoms. The Morgan fingerprint density at radius 1 is 1.18 bits per heavy atom. The monoisotopic (exact) mass is 419 g/mol. The van der Waals surface area contributed by atoms with Crippen molar-refractivity contribution in [2.24, 2.45) is 5.73 Å². The molecule has 1 unspecified atom stereocenters. The van der Waals surface area contributed by atoms with Crippen LogP contribution in [-0.2, 0) is 4.74 Å². The second kappa shape index (κ2) is 10.0. The van der Waals surface area contributed by atoms with Gasteiger partial charge in [0, 0.05) is 49.1 Å². The van der Waals surface area contributed by atoms with E-state index in [0.29, 0.717) is 0 Å². The van der Waals surface area contributed by atoms with Gasteiger partial charge in [0.25, 0.3) is 0 Å². The number of primary amides is 1. The van der Waals surface area contributed by atoms with Crippen LogP contribution in [0.25, 0.3) is 0 Å². The molecule has 3 rings (SSSR count). The number of benzene rings is 2. The van der Waals surface area contributed by atoms with E-state index in [9.17, 15) is 4.79 Å². The predicted octanol–water partition coefficient (Wildman–Crippen LogP) is 4.41. The molecule has 0 aromatic heterocycles. The van der Waals surface area contributed by atoms with Crippen LogP contribution >= 0.6 is 23.4 Å². The molecule has 2 N–H and O–H groups in total. The highest BCUT2D eigenvalue weighted by molar-refractivity contribution is 7.98. The highest BCUT2D eigenvalue weighted by atomic mass is 35.5. The Morgan fingerprint density at radius 2 is 1.89 bits per heavy atom. The molecule has 150 valence electrons. The molecule has 1 amide bonds. The number of carbonyl (C=O) groups excluding carboxylic acids is 1. The lowest BCUT2D eigenvalue weighted by Gasteiger charge is -2.37. The number of rotatable bonds is 7. The summed E-state index contributed by atoms with van der Waals surface area (Å²) in [5, 5.41) is 0.768. The summed E-state index contributed by atoms with van der Waals surface area (Å²) in [6.07, 6.45) is 1.77. The molecule has 1 atom stereocenters. The van der Waals surface area contributed by atoms with Crippen LogP contribution in [0.2, 0.25) is 5.02 Å². The van der Waals surface area contributed by atoms with Crippen molar-refractivity contribution in [3.63, 3.8) is 0 Å². The van der Waals surface area contributed by atoms with Crippen molar-refractivity contribution >= 4 is 35.1 Å². The van der Waals surface area contributed by atoms with E-state index in [0.717, 1.165) is 49.7 Å². The summed E-state index contributed by atoms with van der Waals surface area (Å²) < 4.78 is 5.35. The van der Waals surface area contributed by atoms with Crippen LogP contribution in [0.5, 0.6) is 0 Å². The van der Waals surface area contributed by atoms with Gasteiger partial charge >= 0.3 is 6.09 Å². The summed E-state index contributed by atoms with van der Waals surface area (Å²) in [6, 6.07) is 15.8. The summed E-state index contributed by atoms with van der Waals surface area (Å²) in [6.45, 7) is 4.66. The highest BCUT2D eigenvalue weighted by Gasteiger charge is 2.22. The van der Waals surface area contributed by atoms with E-state index < -0.39 is 6.09 Å². The zero-order chi connectivity index (χ0) is 19.9. The number of anilines is 1. The fourth-order valence-electron chi connectivity index (χ4n) is 3.52. The van der Waals surface area contributed by atoms with Crippen LogP contribution < -0.4 is 10.6 Å². The first kappa shape index (κ1) is 20.8. The molecule has 0 bridgehead atoms. The molecular formula is C21H26ClN3O2S. The van der Waals surface area contributed by atoms with Crippen molar-refractivity contribution in [1.29, 1.82) is 0 Å². The number of piperazine rings is 1. The number of carbonyl (C=O) groups is 1.